The summed E-state index contributed by atoms with van der Waals surface area (Å²) in [7, 11) is -2.11. The molecule has 2 aromatic carbocycles. The zero-order chi connectivity index (χ0) is 31.0. The summed E-state index contributed by atoms with van der Waals surface area (Å²) in [6, 6.07) is 12.5. The second-order valence-corrected chi connectivity index (χ2v) is 14.4. The van der Waals surface area contributed by atoms with E-state index in [0.29, 0.717) is 23.3 Å². The molecule has 10 heteroatoms. The second kappa shape index (κ2) is 15.2. The predicted molar refractivity (Wildman–Crippen MR) is 175 cm³/mol. The zero-order valence-corrected chi connectivity index (χ0v) is 27.4. The minimum Gasteiger partial charge on any atom is -0.339 e. The third-order valence-corrected chi connectivity index (χ3v) is 9.66. The quantitative estimate of drug-likeness (QED) is 0.216. The van der Waals surface area contributed by atoms with Crippen LogP contribution in [0.3, 0.4) is 0 Å². The highest BCUT2D eigenvalue weighted by Gasteiger charge is 2.20. The zero-order valence-electron chi connectivity index (χ0n) is 26.6. The molecule has 0 atom stereocenters. The summed E-state index contributed by atoms with van der Waals surface area (Å²) >= 11 is 0. The molecule has 1 fully saturated rings. The average Bonchev–Trinajstić information content (AvgIpc) is 3.33. The maximum atomic E-state index is 13.8. The Kier molecular flexibility index (Phi) is 11.6. The standard InChI is InChI=1S/C33H50N6O3S/c1-25(2)16-22-38(23-17-26(3)4)32(40)27-10-15-30-31(24-27)39(21-9-20-37-18-7-6-8-19-37)33(36-30)35-28-11-13-29(14-12-28)43(41,42)34-5/h10-15,24-26,34H,6-9,16-23H2,1-5H3,(H,35,36). The molecule has 9 nitrogen and oxygen atoms in total. The summed E-state index contributed by atoms with van der Waals surface area (Å²) in [6.45, 7) is 14.4. The Morgan fingerprint density at radius 2 is 1.58 bits per heavy atom. The number of aryl methyl sites for hydroxylation is 1. The van der Waals surface area contributed by atoms with Crippen LogP contribution in [0, 0.1) is 11.8 Å². The maximum absolute atomic E-state index is 13.8. The first kappa shape index (κ1) is 33.0. The average molecular weight is 611 g/mol. The lowest BCUT2D eigenvalue weighted by Gasteiger charge is -2.26. The molecule has 2 N–H and O–H groups in total. The number of piperidine rings is 1. The molecule has 0 aliphatic carbocycles. The van der Waals surface area contributed by atoms with Crippen LogP contribution in [-0.4, -0.2) is 73.4 Å². The van der Waals surface area contributed by atoms with Crippen LogP contribution < -0.4 is 10.0 Å². The molecule has 1 amide bonds. The molecule has 0 spiro atoms. The second-order valence-electron chi connectivity index (χ2n) is 12.6. The van der Waals surface area contributed by atoms with Crippen molar-refractivity contribution < 1.29 is 13.2 Å². The van der Waals surface area contributed by atoms with Crippen molar-refractivity contribution in [1.29, 1.82) is 0 Å². The monoisotopic (exact) mass is 610 g/mol. The van der Waals surface area contributed by atoms with Crippen molar-refractivity contribution in [2.75, 3.05) is 45.1 Å². The first-order valence-electron chi connectivity index (χ1n) is 15.9. The maximum Gasteiger partial charge on any atom is 0.253 e. The van der Waals surface area contributed by atoms with Gasteiger partial charge in [-0.1, -0.05) is 34.1 Å². The van der Waals surface area contributed by atoms with Gasteiger partial charge in [-0.05, 0) is 113 Å². The van der Waals surface area contributed by atoms with Crippen molar-refractivity contribution in [3.63, 3.8) is 0 Å². The van der Waals surface area contributed by atoms with Gasteiger partial charge in [0.25, 0.3) is 5.91 Å². The lowest BCUT2D eigenvalue weighted by atomic mass is 10.1. The number of hydrogen-bond donors (Lipinski definition) is 2. The van der Waals surface area contributed by atoms with Gasteiger partial charge >= 0.3 is 0 Å². The predicted octanol–water partition coefficient (Wildman–Crippen LogP) is 6.10. The van der Waals surface area contributed by atoms with Gasteiger partial charge in [-0.15, -0.1) is 0 Å². The van der Waals surface area contributed by atoms with Crippen molar-refractivity contribution in [2.45, 2.75) is 77.7 Å². The normalized spacial score (nSPS) is 14.6. The molecule has 0 bridgehead atoms. The smallest absolute Gasteiger partial charge is 0.253 e. The molecule has 3 aromatic rings. The lowest BCUT2D eigenvalue weighted by molar-refractivity contribution is 0.0741. The molecule has 0 radical (unpaired) electrons. The molecule has 4 rings (SSSR count). The summed E-state index contributed by atoms with van der Waals surface area (Å²) in [6.07, 6.45) is 6.75. The SMILES string of the molecule is CNS(=O)(=O)c1ccc(Nc2nc3ccc(C(=O)N(CCC(C)C)CCC(C)C)cc3n2CCCN2CCCCC2)cc1. The number of aromatic nitrogens is 2. The van der Waals surface area contributed by atoms with Gasteiger partial charge < -0.3 is 19.7 Å². The van der Waals surface area contributed by atoms with Crippen molar-refractivity contribution in [2.24, 2.45) is 11.8 Å². The van der Waals surface area contributed by atoms with E-state index in [1.165, 1.54) is 26.3 Å². The number of rotatable bonds is 15. The topological polar surface area (TPSA) is 99.6 Å². The van der Waals surface area contributed by atoms with Gasteiger partial charge in [-0.2, -0.15) is 0 Å². The van der Waals surface area contributed by atoms with E-state index in [-0.39, 0.29) is 10.8 Å². The highest BCUT2D eigenvalue weighted by molar-refractivity contribution is 7.89. The summed E-state index contributed by atoms with van der Waals surface area (Å²) in [5.74, 6) is 1.80. The molecule has 0 unspecified atom stereocenters. The molecule has 1 aromatic heterocycles. The Morgan fingerprint density at radius 1 is 0.930 bits per heavy atom. The third-order valence-electron chi connectivity index (χ3n) is 8.23. The van der Waals surface area contributed by atoms with E-state index >= 15 is 0 Å². The first-order chi connectivity index (χ1) is 20.6. The molecule has 0 saturated carbocycles. The summed E-state index contributed by atoms with van der Waals surface area (Å²) in [4.78, 5) is 23.5. The minimum atomic E-state index is -3.52. The summed E-state index contributed by atoms with van der Waals surface area (Å²) in [5, 5.41) is 3.41. The fourth-order valence-corrected chi connectivity index (χ4v) is 6.23. The number of carbonyl (C=O) groups excluding carboxylic acids is 1. The number of hydrogen-bond acceptors (Lipinski definition) is 6. The van der Waals surface area contributed by atoms with Crippen LogP contribution >= 0.6 is 0 Å². The van der Waals surface area contributed by atoms with Crippen LogP contribution in [0.5, 0.6) is 0 Å². The van der Waals surface area contributed by atoms with Crippen LogP contribution in [-0.2, 0) is 16.6 Å². The van der Waals surface area contributed by atoms with Gasteiger partial charge in [-0.25, -0.2) is 18.1 Å². The van der Waals surface area contributed by atoms with Crippen molar-refractivity contribution in [3.05, 3.63) is 48.0 Å². The van der Waals surface area contributed by atoms with Gasteiger partial charge in [-0.3, -0.25) is 4.79 Å². The lowest BCUT2D eigenvalue weighted by Crippen LogP contribution is -2.34. The Balaban J connectivity index is 1.63. The van der Waals surface area contributed by atoms with Crippen LogP contribution in [0.4, 0.5) is 11.6 Å². The molecule has 43 heavy (non-hydrogen) atoms. The van der Waals surface area contributed by atoms with Crippen LogP contribution in [0.15, 0.2) is 47.4 Å². The van der Waals surface area contributed by atoms with Crippen molar-refractivity contribution in [3.8, 4) is 0 Å². The van der Waals surface area contributed by atoms with E-state index < -0.39 is 10.0 Å². The Hall–Kier alpha value is -2.95. The third kappa shape index (κ3) is 9.03. The van der Waals surface area contributed by atoms with Gasteiger partial charge in [0, 0.05) is 30.9 Å². The number of fused-ring (bicyclic) bond motifs is 1. The number of sulfonamides is 1. The van der Waals surface area contributed by atoms with Gasteiger partial charge in [0.1, 0.15) is 0 Å². The Labute approximate surface area is 258 Å². The Morgan fingerprint density at radius 3 is 2.19 bits per heavy atom. The number of nitrogens with zero attached hydrogens (tertiary/aromatic N) is 4. The van der Waals surface area contributed by atoms with Crippen LogP contribution in [0.2, 0.25) is 0 Å². The van der Waals surface area contributed by atoms with Crippen molar-refractivity contribution in [1.82, 2.24) is 24.1 Å². The molecule has 1 aliphatic rings. The largest absolute Gasteiger partial charge is 0.339 e. The number of carbonyl (C=O) groups is 1. The van der Waals surface area contributed by atoms with E-state index in [2.05, 4.69) is 47.2 Å². The van der Waals surface area contributed by atoms with Gasteiger partial charge in [0.05, 0.1) is 15.9 Å². The number of likely N-dealkylation sites (tertiary alicyclic amines) is 1. The number of imidazole rings is 1. The first-order valence-corrected chi connectivity index (χ1v) is 17.4. The van der Waals surface area contributed by atoms with Crippen LogP contribution in [0.1, 0.15) is 76.6 Å². The van der Waals surface area contributed by atoms with Crippen molar-refractivity contribution >= 4 is 38.6 Å². The summed E-state index contributed by atoms with van der Waals surface area (Å²) < 4.78 is 28.9. The van der Waals surface area contributed by atoms with Gasteiger partial charge in [0.2, 0.25) is 16.0 Å². The van der Waals surface area contributed by atoms with E-state index in [4.69, 9.17) is 4.98 Å². The molecule has 236 valence electrons. The van der Waals surface area contributed by atoms with Crippen LogP contribution in [0.25, 0.3) is 11.0 Å². The number of nitrogens with one attached hydrogen (secondary N) is 2. The fourth-order valence-electron chi connectivity index (χ4n) is 5.50. The van der Waals surface area contributed by atoms with E-state index in [1.807, 2.05) is 23.1 Å². The number of amides is 1. The van der Waals surface area contributed by atoms with E-state index in [0.717, 1.165) is 75.3 Å². The Bertz CT molecular complexity index is 1430. The molecule has 1 saturated heterocycles. The fraction of sp³-hybridized carbons (Fsp3) is 0.576. The highest BCUT2D eigenvalue weighted by atomic mass is 32.2. The van der Waals surface area contributed by atoms with Gasteiger partial charge in [0.15, 0.2) is 0 Å². The minimum absolute atomic E-state index is 0.0695. The highest BCUT2D eigenvalue weighted by Crippen LogP contribution is 2.26. The molecule has 1 aliphatic heterocycles. The molecule has 2 heterocycles. The van der Waals surface area contributed by atoms with E-state index in [1.54, 1.807) is 24.3 Å². The van der Waals surface area contributed by atoms with E-state index in [9.17, 15) is 13.2 Å². The molecular formula is C33H50N6O3S. The molecular weight excluding hydrogens is 560 g/mol. The number of anilines is 2. The summed E-state index contributed by atoms with van der Waals surface area (Å²) in [5.41, 5.74) is 3.18. The number of benzene rings is 2.